The summed E-state index contributed by atoms with van der Waals surface area (Å²) in [7, 11) is 0. The molecule has 0 aromatic carbocycles. The fourth-order valence-corrected chi connectivity index (χ4v) is 3.87. The van der Waals surface area contributed by atoms with E-state index in [-0.39, 0.29) is 6.61 Å². The van der Waals surface area contributed by atoms with Gasteiger partial charge < -0.3 is 14.4 Å². The predicted molar refractivity (Wildman–Crippen MR) is 92.0 cm³/mol. The minimum absolute atomic E-state index is 0.234. The average molecular weight is 330 g/mol. The topological polar surface area (TPSA) is 36.6 Å². The standard InChI is InChI=1S/C14H19NO2S3/c1-3-15(4-6-19-7-5-16)12-8-11(18)14-13(17-12)10(2)9-20-14/h8-9,16H,3-7H2,1-2H3. The van der Waals surface area contributed by atoms with Crippen LogP contribution in [0.3, 0.4) is 0 Å². The molecule has 0 spiro atoms. The van der Waals surface area contributed by atoms with Gasteiger partial charge in [0.05, 0.1) is 15.8 Å². The number of aryl methyl sites for hydroxylation is 1. The van der Waals surface area contributed by atoms with Crippen LogP contribution in [0.25, 0.3) is 10.3 Å². The van der Waals surface area contributed by atoms with Crippen molar-refractivity contribution in [1.29, 1.82) is 0 Å². The minimum Gasteiger partial charge on any atom is -0.439 e. The molecule has 0 bridgehead atoms. The third-order valence-corrected chi connectivity index (χ3v) is 5.54. The maximum atomic E-state index is 8.80. The van der Waals surface area contributed by atoms with Gasteiger partial charge in [0.15, 0.2) is 11.5 Å². The molecule has 0 fully saturated rings. The van der Waals surface area contributed by atoms with E-state index in [1.807, 2.05) is 13.0 Å². The first-order valence-electron chi connectivity index (χ1n) is 6.62. The lowest BCUT2D eigenvalue weighted by atomic mass is 10.3. The SMILES string of the molecule is CCN(CCSCCO)c1cc(=S)c2scc(C)c2o1. The van der Waals surface area contributed by atoms with E-state index in [1.165, 1.54) is 0 Å². The van der Waals surface area contributed by atoms with E-state index in [4.69, 9.17) is 21.7 Å². The Morgan fingerprint density at radius 3 is 2.95 bits per heavy atom. The average Bonchev–Trinajstić information content (AvgIpc) is 2.81. The summed E-state index contributed by atoms with van der Waals surface area (Å²) in [5.41, 5.74) is 2.06. The van der Waals surface area contributed by atoms with Gasteiger partial charge in [-0.1, -0.05) is 12.2 Å². The molecule has 20 heavy (non-hydrogen) atoms. The summed E-state index contributed by atoms with van der Waals surface area (Å²) in [6.07, 6.45) is 0. The number of thiophene rings is 1. The van der Waals surface area contributed by atoms with Crippen LogP contribution in [0.4, 0.5) is 5.88 Å². The van der Waals surface area contributed by atoms with Gasteiger partial charge in [-0.05, 0) is 19.2 Å². The highest BCUT2D eigenvalue weighted by Gasteiger charge is 2.11. The van der Waals surface area contributed by atoms with Crippen molar-refractivity contribution < 1.29 is 9.52 Å². The highest BCUT2D eigenvalue weighted by molar-refractivity contribution is 7.99. The summed E-state index contributed by atoms with van der Waals surface area (Å²) < 4.78 is 7.96. The molecule has 0 unspecified atom stereocenters. The van der Waals surface area contributed by atoms with Gasteiger partial charge in [0, 0.05) is 36.2 Å². The largest absolute Gasteiger partial charge is 0.439 e. The molecular formula is C14H19NO2S3. The van der Waals surface area contributed by atoms with Crippen LogP contribution in [0.5, 0.6) is 0 Å². The van der Waals surface area contributed by atoms with Crippen molar-refractivity contribution in [3.8, 4) is 0 Å². The quantitative estimate of drug-likeness (QED) is 0.612. The second-order valence-electron chi connectivity index (χ2n) is 4.44. The second-order valence-corrected chi connectivity index (χ2v) is 6.99. The number of rotatable bonds is 7. The molecule has 0 aliphatic heterocycles. The molecule has 0 atom stereocenters. The molecule has 6 heteroatoms. The van der Waals surface area contributed by atoms with E-state index in [2.05, 4.69) is 17.2 Å². The zero-order chi connectivity index (χ0) is 14.5. The van der Waals surface area contributed by atoms with Crippen molar-refractivity contribution in [1.82, 2.24) is 0 Å². The summed E-state index contributed by atoms with van der Waals surface area (Å²) in [4.78, 5) is 2.19. The number of thioether (sulfide) groups is 1. The van der Waals surface area contributed by atoms with Crippen molar-refractivity contribution in [2.45, 2.75) is 13.8 Å². The van der Waals surface area contributed by atoms with Crippen molar-refractivity contribution in [3.05, 3.63) is 21.5 Å². The summed E-state index contributed by atoms with van der Waals surface area (Å²) in [6.45, 7) is 6.17. The third-order valence-electron chi connectivity index (χ3n) is 3.04. The molecule has 0 saturated heterocycles. The molecule has 110 valence electrons. The Hall–Kier alpha value is -0.560. The van der Waals surface area contributed by atoms with Crippen LogP contribution in [0.2, 0.25) is 0 Å². The second kappa shape index (κ2) is 7.45. The van der Waals surface area contributed by atoms with Crippen LogP contribution in [0.1, 0.15) is 12.5 Å². The summed E-state index contributed by atoms with van der Waals surface area (Å²) in [6, 6.07) is 1.95. The van der Waals surface area contributed by atoms with Gasteiger partial charge in [0.2, 0.25) is 0 Å². The zero-order valence-electron chi connectivity index (χ0n) is 11.7. The highest BCUT2D eigenvalue weighted by Crippen LogP contribution is 2.31. The van der Waals surface area contributed by atoms with E-state index < -0.39 is 0 Å². The first kappa shape index (κ1) is 15.8. The molecule has 1 N–H and O–H groups in total. The zero-order valence-corrected chi connectivity index (χ0v) is 14.2. The van der Waals surface area contributed by atoms with Crippen LogP contribution in [0, 0.1) is 11.4 Å². The normalized spacial score (nSPS) is 11.2. The molecule has 2 rings (SSSR count). The van der Waals surface area contributed by atoms with Crippen molar-refractivity contribution >= 4 is 51.5 Å². The number of fused-ring (bicyclic) bond motifs is 1. The van der Waals surface area contributed by atoms with E-state index in [0.717, 1.165) is 50.8 Å². The Morgan fingerprint density at radius 1 is 1.45 bits per heavy atom. The molecule has 0 amide bonds. The van der Waals surface area contributed by atoms with Crippen molar-refractivity contribution in [2.24, 2.45) is 0 Å². The molecule has 2 aromatic rings. The van der Waals surface area contributed by atoms with Crippen LogP contribution in [0.15, 0.2) is 15.9 Å². The van der Waals surface area contributed by atoms with Crippen LogP contribution >= 0.6 is 35.3 Å². The first-order valence-corrected chi connectivity index (χ1v) is 9.07. The lowest BCUT2D eigenvalue weighted by molar-refractivity contribution is 0.322. The monoisotopic (exact) mass is 329 g/mol. The van der Waals surface area contributed by atoms with Gasteiger partial charge in [0.1, 0.15) is 0 Å². The molecule has 2 aromatic heterocycles. The van der Waals surface area contributed by atoms with Gasteiger partial charge in [0.25, 0.3) is 0 Å². The lowest BCUT2D eigenvalue weighted by Crippen LogP contribution is -2.25. The number of aliphatic hydroxyl groups is 1. The molecule has 3 nitrogen and oxygen atoms in total. The van der Waals surface area contributed by atoms with Crippen LogP contribution in [-0.2, 0) is 0 Å². The van der Waals surface area contributed by atoms with Gasteiger partial charge in [-0.2, -0.15) is 11.8 Å². The molecule has 0 aliphatic rings. The highest BCUT2D eigenvalue weighted by atomic mass is 32.2. The third kappa shape index (κ3) is 3.55. The van der Waals surface area contributed by atoms with E-state index in [9.17, 15) is 0 Å². The van der Waals surface area contributed by atoms with Gasteiger partial charge in [-0.15, -0.1) is 11.3 Å². The Morgan fingerprint density at radius 2 is 2.25 bits per heavy atom. The predicted octanol–water partition coefficient (Wildman–Crippen LogP) is 4.08. The fourth-order valence-electron chi connectivity index (χ4n) is 1.96. The summed E-state index contributed by atoms with van der Waals surface area (Å²) in [5, 5.41) is 10.9. The van der Waals surface area contributed by atoms with Crippen LogP contribution < -0.4 is 4.90 Å². The van der Waals surface area contributed by atoms with Gasteiger partial charge in [-0.25, -0.2) is 0 Å². The van der Waals surface area contributed by atoms with Gasteiger partial charge in [-0.3, -0.25) is 0 Å². The number of hydrogen-bond acceptors (Lipinski definition) is 6. The smallest absolute Gasteiger partial charge is 0.197 e. The number of anilines is 1. The number of hydrogen-bond donors (Lipinski definition) is 1. The molecular weight excluding hydrogens is 310 g/mol. The van der Waals surface area contributed by atoms with Crippen molar-refractivity contribution in [2.75, 3.05) is 36.1 Å². The summed E-state index contributed by atoms with van der Waals surface area (Å²) in [5.74, 6) is 2.59. The molecule has 0 saturated carbocycles. The fraction of sp³-hybridized carbons (Fsp3) is 0.500. The maximum Gasteiger partial charge on any atom is 0.197 e. The Balaban J connectivity index is 2.21. The Labute approximate surface area is 132 Å². The molecule has 2 heterocycles. The number of aliphatic hydroxyl groups excluding tert-OH is 1. The minimum atomic E-state index is 0.234. The molecule has 0 radical (unpaired) electrons. The van der Waals surface area contributed by atoms with Gasteiger partial charge >= 0.3 is 0 Å². The van der Waals surface area contributed by atoms with E-state index in [1.54, 1.807) is 23.1 Å². The van der Waals surface area contributed by atoms with Crippen molar-refractivity contribution in [3.63, 3.8) is 0 Å². The molecule has 0 aliphatic carbocycles. The first-order chi connectivity index (χ1) is 9.67. The Bertz CT molecular complexity index is 620. The Kier molecular flexibility index (Phi) is 5.89. The van der Waals surface area contributed by atoms with Crippen LogP contribution in [-0.4, -0.2) is 36.3 Å². The lowest BCUT2D eigenvalue weighted by Gasteiger charge is -2.21. The van der Waals surface area contributed by atoms with E-state index >= 15 is 0 Å². The number of nitrogens with zero attached hydrogens (tertiary/aromatic N) is 1. The maximum absolute atomic E-state index is 8.80. The summed E-state index contributed by atoms with van der Waals surface area (Å²) >= 11 is 8.85. The van der Waals surface area contributed by atoms with E-state index in [0.29, 0.717) is 0 Å².